The molecule has 0 fully saturated rings. The maximum Gasteiger partial charge on any atom is 0.127 e. The number of hydrogen-bond donors (Lipinski definition) is 1. The lowest BCUT2D eigenvalue weighted by molar-refractivity contribution is 0.310. The first-order chi connectivity index (χ1) is 10.1. The molecule has 0 saturated carbocycles. The van der Waals surface area contributed by atoms with Gasteiger partial charge in [0.25, 0.3) is 0 Å². The van der Waals surface area contributed by atoms with Crippen molar-refractivity contribution in [2.24, 2.45) is 0 Å². The summed E-state index contributed by atoms with van der Waals surface area (Å²) < 4.78 is 5.93. The SMILES string of the molecule is Cc1cc2c(OCc3cccc(Cl)c3)ccc(N)c2cn1. The van der Waals surface area contributed by atoms with Crippen LogP contribution in [0.1, 0.15) is 11.3 Å². The Kier molecular flexibility index (Phi) is 3.67. The van der Waals surface area contributed by atoms with E-state index in [1.54, 1.807) is 6.20 Å². The van der Waals surface area contributed by atoms with Crippen LogP contribution in [0.25, 0.3) is 10.8 Å². The average Bonchev–Trinajstić information content (AvgIpc) is 2.46. The number of halogens is 1. The lowest BCUT2D eigenvalue weighted by atomic mass is 10.1. The molecule has 0 bridgehead atoms. The molecule has 0 aliphatic rings. The molecule has 106 valence electrons. The maximum atomic E-state index is 5.99. The van der Waals surface area contributed by atoms with Crippen molar-refractivity contribution < 1.29 is 4.74 Å². The third-order valence-electron chi connectivity index (χ3n) is 3.31. The van der Waals surface area contributed by atoms with Crippen LogP contribution < -0.4 is 10.5 Å². The van der Waals surface area contributed by atoms with E-state index in [4.69, 9.17) is 22.1 Å². The van der Waals surface area contributed by atoms with Gasteiger partial charge in [0.1, 0.15) is 12.4 Å². The molecule has 1 aromatic heterocycles. The summed E-state index contributed by atoms with van der Waals surface area (Å²) in [5.74, 6) is 0.796. The highest BCUT2D eigenvalue weighted by atomic mass is 35.5. The van der Waals surface area contributed by atoms with Gasteiger partial charge in [-0.3, -0.25) is 4.98 Å². The number of nitrogens with two attached hydrogens (primary N) is 1. The largest absolute Gasteiger partial charge is 0.488 e. The Hall–Kier alpha value is -2.26. The first kappa shape index (κ1) is 13.7. The number of benzene rings is 2. The lowest BCUT2D eigenvalue weighted by Gasteiger charge is -2.11. The minimum atomic E-state index is 0.459. The first-order valence-electron chi connectivity index (χ1n) is 6.65. The monoisotopic (exact) mass is 298 g/mol. The number of hydrogen-bond acceptors (Lipinski definition) is 3. The van der Waals surface area contributed by atoms with E-state index in [-0.39, 0.29) is 0 Å². The summed E-state index contributed by atoms with van der Waals surface area (Å²) in [6.45, 7) is 2.41. The highest BCUT2D eigenvalue weighted by molar-refractivity contribution is 6.30. The van der Waals surface area contributed by atoms with Crippen LogP contribution in [0.2, 0.25) is 5.02 Å². The molecule has 0 atom stereocenters. The van der Waals surface area contributed by atoms with E-state index in [1.807, 2.05) is 49.4 Å². The highest BCUT2D eigenvalue weighted by Gasteiger charge is 2.07. The Morgan fingerprint density at radius 1 is 1.14 bits per heavy atom. The van der Waals surface area contributed by atoms with Crippen molar-refractivity contribution >= 4 is 28.1 Å². The van der Waals surface area contributed by atoms with Crippen LogP contribution in [-0.4, -0.2) is 4.98 Å². The molecule has 21 heavy (non-hydrogen) atoms. The van der Waals surface area contributed by atoms with Gasteiger partial charge in [-0.2, -0.15) is 0 Å². The third-order valence-corrected chi connectivity index (χ3v) is 3.55. The minimum Gasteiger partial charge on any atom is -0.488 e. The topological polar surface area (TPSA) is 48.1 Å². The van der Waals surface area contributed by atoms with Gasteiger partial charge in [-0.1, -0.05) is 23.7 Å². The van der Waals surface area contributed by atoms with Crippen molar-refractivity contribution in [2.45, 2.75) is 13.5 Å². The van der Waals surface area contributed by atoms with Crippen LogP contribution in [0.3, 0.4) is 0 Å². The summed E-state index contributed by atoms with van der Waals surface area (Å²) in [6.07, 6.45) is 1.78. The Bertz CT molecular complexity index is 802. The van der Waals surface area contributed by atoms with Gasteiger partial charge in [-0.05, 0) is 42.8 Å². The molecular formula is C17H15ClN2O. The smallest absolute Gasteiger partial charge is 0.127 e. The molecule has 0 amide bonds. The van der Waals surface area contributed by atoms with Crippen molar-refractivity contribution in [1.29, 1.82) is 0 Å². The number of nitrogen functional groups attached to an aromatic ring is 1. The number of anilines is 1. The molecule has 0 aliphatic heterocycles. The van der Waals surface area contributed by atoms with E-state index in [0.29, 0.717) is 17.3 Å². The van der Waals surface area contributed by atoms with E-state index in [1.165, 1.54) is 0 Å². The summed E-state index contributed by atoms with van der Waals surface area (Å²) in [5.41, 5.74) is 8.65. The van der Waals surface area contributed by atoms with E-state index >= 15 is 0 Å². The zero-order chi connectivity index (χ0) is 14.8. The van der Waals surface area contributed by atoms with Gasteiger partial charge < -0.3 is 10.5 Å². The molecule has 1 heterocycles. The zero-order valence-electron chi connectivity index (χ0n) is 11.6. The predicted octanol–water partition coefficient (Wildman–Crippen LogP) is 4.36. The van der Waals surface area contributed by atoms with Gasteiger partial charge >= 0.3 is 0 Å². The van der Waals surface area contributed by atoms with Gasteiger partial charge in [0.15, 0.2) is 0 Å². The molecule has 2 aromatic carbocycles. The fourth-order valence-corrected chi connectivity index (χ4v) is 2.47. The first-order valence-corrected chi connectivity index (χ1v) is 7.03. The Morgan fingerprint density at radius 2 is 2.00 bits per heavy atom. The molecule has 0 spiro atoms. The van der Waals surface area contributed by atoms with E-state index in [2.05, 4.69) is 4.98 Å². The molecule has 0 unspecified atom stereocenters. The third kappa shape index (κ3) is 2.93. The van der Waals surface area contributed by atoms with Gasteiger partial charge in [-0.15, -0.1) is 0 Å². The van der Waals surface area contributed by atoms with Crippen LogP contribution >= 0.6 is 11.6 Å². The van der Waals surface area contributed by atoms with E-state index in [9.17, 15) is 0 Å². The van der Waals surface area contributed by atoms with Gasteiger partial charge in [0.05, 0.1) is 0 Å². The molecule has 2 N–H and O–H groups in total. The fourth-order valence-electron chi connectivity index (χ4n) is 2.25. The zero-order valence-corrected chi connectivity index (χ0v) is 12.4. The quantitative estimate of drug-likeness (QED) is 0.731. The second kappa shape index (κ2) is 5.62. The second-order valence-electron chi connectivity index (χ2n) is 4.94. The summed E-state index contributed by atoms with van der Waals surface area (Å²) in [5, 5.41) is 2.59. The van der Waals surface area contributed by atoms with Crippen molar-refractivity contribution in [3.05, 3.63) is 64.9 Å². The number of nitrogens with zero attached hydrogens (tertiary/aromatic N) is 1. The number of aromatic nitrogens is 1. The highest BCUT2D eigenvalue weighted by Crippen LogP contribution is 2.30. The van der Waals surface area contributed by atoms with Crippen molar-refractivity contribution in [3.63, 3.8) is 0 Å². The maximum absolute atomic E-state index is 5.99. The molecule has 0 aliphatic carbocycles. The van der Waals surface area contributed by atoms with Crippen molar-refractivity contribution in [3.8, 4) is 5.75 Å². The molecule has 0 saturated heterocycles. The number of pyridine rings is 1. The summed E-state index contributed by atoms with van der Waals surface area (Å²) in [7, 11) is 0. The van der Waals surface area contributed by atoms with Crippen molar-refractivity contribution in [1.82, 2.24) is 4.98 Å². The molecule has 4 heteroatoms. The molecular weight excluding hydrogens is 284 g/mol. The number of fused-ring (bicyclic) bond motifs is 1. The van der Waals surface area contributed by atoms with Gasteiger partial charge in [0.2, 0.25) is 0 Å². The minimum absolute atomic E-state index is 0.459. The molecule has 3 aromatic rings. The summed E-state index contributed by atoms with van der Waals surface area (Å²) in [4.78, 5) is 4.29. The van der Waals surface area contributed by atoms with Gasteiger partial charge in [-0.25, -0.2) is 0 Å². The van der Waals surface area contributed by atoms with Crippen LogP contribution in [0, 0.1) is 6.92 Å². The Balaban J connectivity index is 1.94. The molecule has 3 rings (SSSR count). The van der Waals surface area contributed by atoms with E-state index < -0.39 is 0 Å². The normalized spacial score (nSPS) is 10.8. The summed E-state index contributed by atoms with van der Waals surface area (Å²) in [6, 6.07) is 13.4. The fraction of sp³-hybridized carbons (Fsp3) is 0.118. The number of aryl methyl sites for hydroxylation is 1. The summed E-state index contributed by atoms with van der Waals surface area (Å²) >= 11 is 5.98. The Labute approximate surface area is 128 Å². The van der Waals surface area contributed by atoms with E-state index in [0.717, 1.165) is 27.8 Å². The standard InChI is InChI=1S/C17H15ClN2O/c1-11-7-14-15(9-20-11)16(19)5-6-17(14)21-10-12-3-2-4-13(18)8-12/h2-9H,10,19H2,1H3. The Morgan fingerprint density at radius 3 is 2.81 bits per heavy atom. The molecule has 0 radical (unpaired) electrons. The number of rotatable bonds is 3. The van der Waals surface area contributed by atoms with Crippen LogP contribution in [0.5, 0.6) is 5.75 Å². The van der Waals surface area contributed by atoms with Crippen molar-refractivity contribution in [2.75, 3.05) is 5.73 Å². The second-order valence-corrected chi connectivity index (χ2v) is 5.38. The van der Waals surface area contributed by atoms with Crippen LogP contribution in [0.4, 0.5) is 5.69 Å². The predicted molar refractivity (Wildman–Crippen MR) is 86.7 cm³/mol. The number of ether oxygens (including phenoxy) is 1. The van der Waals surface area contributed by atoms with Crippen LogP contribution in [-0.2, 0) is 6.61 Å². The van der Waals surface area contributed by atoms with Gasteiger partial charge in [0, 0.05) is 33.4 Å². The van der Waals surface area contributed by atoms with Crippen LogP contribution in [0.15, 0.2) is 48.7 Å². The lowest BCUT2D eigenvalue weighted by Crippen LogP contribution is -1.98. The molecule has 3 nitrogen and oxygen atoms in total. The average molecular weight is 299 g/mol.